The van der Waals surface area contributed by atoms with E-state index in [9.17, 15) is 8.42 Å². The fourth-order valence-corrected chi connectivity index (χ4v) is 1.94. The molecule has 0 saturated heterocycles. The normalized spacial score (nSPS) is 11.2. The van der Waals surface area contributed by atoms with Gasteiger partial charge in [0.1, 0.15) is 11.6 Å². The van der Waals surface area contributed by atoms with Crippen molar-refractivity contribution in [3.63, 3.8) is 0 Å². The molecule has 1 aromatic carbocycles. The zero-order valence-corrected chi connectivity index (χ0v) is 10.6. The minimum atomic E-state index is -3.70. The van der Waals surface area contributed by atoms with Crippen LogP contribution in [0.2, 0.25) is 0 Å². The third-order valence-corrected chi connectivity index (χ3v) is 3.15. The lowest BCUT2D eigenvalue weighted by Gasteiger charge is -2.07. The van der Waals surface area contributed by atoms with Gasteiger partial charge in [-0.1, -0.05) is 0 Å². The molecule has 0 aliphatic heterocycles. The third-order valence-electron chi connectivity index (χ3n) is 2.22. The van der Waals surface area contributed by atoms with Gasteiger partial charge in [0, 0.05) is 11.8 Å². The van der Waals surface area contributed by atoms with Crippen molar-refractivity contribution in [2.75, 3.05) is 16.8 Å². The van der Waals surface area contributed by atoms with Gasteiger partial charge < -0.3 is 16.8 Å². The van der Waals surface area contributed by atoms with Gasteiger partial charge in [0.15, 0.2) is 0 Å². The number of aromatic nitrogens is 2. The van der Waals surface area contributed by atoms with Crippen molar-refractivity contribution in [3.05, 3.63) is 30.3 Å². The monoisotopic (exact) mass is 280 g/mol. The molecule has 0 radical (unpaired) electrons. The van der Waals surface area contributed by atoms with E-state index in [0.717, 1.165) is 0 Å². The molecule has 0 fully saturated rings. The maximum atomic E-state index is 11.1. The van der Waals surface area contributed by atoms with Gasteiger partial charge in [-0.15, -0.1) is 0 Å². The molecule has 2 rings (SSSR count). The first-order valence-corrected chi connectivity index (χ1v) is 6.69. The molecule has 8 nitrogen and oxygen atoms in total. The summed E-state index contributed by atoms with van der Waals surface area (Å²) in [5.74, 6) is 0.688. The van der Waals surface area contributed by atoms with E-state index in [1.54, 1.807) is 12.1 Å². The van der Waals surface area contributed by atoms with Crippen LogP contribution in [0, 0.1) is 0 Å². The molecule has 7 N–H and O–H groups in total. The average molecular weight is 280 g/mol. The molecule has 100 valence electrons. The summed E-state index contributed by atoms with van der Waals surface area (Å²) in [6.07, 6.45) is 0. The lowest BCUT2D eigenvalue weighted by atomic mass is 10.3. The molecule has 0 aliphatic carbocycles. The summed E-state index contributed by atoms with van der Waals surface area (Å²) in [4.78, 5) is 7.69. The van der Waals surface area contributed by atoms with Crippen molar-refractivity contribution in [1.29, 1.82) is 0 Å². The Bertz CT molecular complexity index is 678. The Morgan fingerprint density at radius 2 is 1.68 bits per heavy atom. The number of benzene rings is 1. The topological polar surface area (TPSA) is 150 Å². The zero-order chi connectivity index (χ0) is 14.0. The first kappa shape index (κ1) is 13.1. The molecule has 0 saturated carbocycles. The number of hydrogen-bond acceptors (Lipinski definition) is 7. The maximum absolute atomic E-state index is 11.1. The van der Waals surface area contributed by atoms with E-state index in [0.29, 0.717) is 11.5 Å². The molecule has 2 aromatic rings. The Hall–Kier alpha value is -2.39. The molecule has 0 atom stereocenters. The van der Waals surface area contributed by atoms with E-state index in [4.69, 9.17) is 16.6 Å². The van der Waals surface area contributed by atoms with Crippen LogP contribution in [0.3, 0.4) is 0 Å². The first-order chi connectivity index (χ1) is 8.84. The highest BCUT2D eigenvalue weighted by Gasteiger charge is 2.07. The average Bonchev–Trinajstić information content (AvgIpc) is 2.26. The van der Waals surface area contributed by atoms with Gasteiger partial charge >= 0.3 is 0 Å². The number of rotatable bonds is 3. The molecule has 0 spiro atoms. The minimum Gasteiger partial charge on any atom is -0.383 e. The van der Waals surface area contributed by atoms with E-state index in [2.05, 4.69) is 15.3 Å². The Kier molecular flexibility index (Phi) is 3.23. The lowest BCUT2D eigenvalue weighted by molar-refractivity contribution is 0.598. The molecule has 0 unspecified atom stereocenters. The SMILES string of the molecule is Nc1cc(Nc2ccc(S(N)(=O)=O)cc2)nc(N)n1. The van der Waals surface area contributed by atoms with E-state index in [1.807, 2.05) is 0 Å². The molecule has 0 aliphatic rings. The van der Waals surface area contributed by atoms with Crippen LogP contribution in [0.15, 0.2) is 35.2 Å². The number of nitrogens with one attached hydrogen (secondary N) is 1. The maximum Gasteiger partial charge on any atom is 0.238 e. The van der Waals surface area contributed by atoms with Crippen molar-refractivity contribution in [1.82, 2.24) is 9.97 Å². The van der Waals surface area contributed by atoms with Crippen molar-refractivity contribution < 1.29 is 8.42 Å². The van der Waals surface area contributed by atoms with Crippen LogP contribution in [0.1, 0.15) is 0 Å². The van der Waals surface area contributed by atoms with Gasteiger partial charge in [-0.25, -0.2) is 13.6 Å². The van der Waals surface area contributed by atoms with Crippen molar-refractivity contribution in [3.8, 4) is 0 Å². The molecule has 9 heteroatoms. The van der Waals surface area contributed by atoms with E-state index >= 15 is 0 Å². The molecular weight excluding hydrogens is 268 g/mol. The Labute approximate surface area is 109 Å². The number of sulfonamides is 1. The standard InChI is InChI=1S/C10H12N6O2S/c11-8-5-9(16-10(12)15-8)14-6-1-3-7(4-2-6)19(13,17)18/h1-5H,(H2,13,17,18)(H5,11,12,14,15,16). The highest BCUT2D eigenvalue weighted by Crippen LogP contribution is 2.18. The van der Waals surface area contributed by atoms with Crippen LogP contribution in [-0.4, -0.2) is 18.4 Å². The van der Waals surface area contributed by atoms with Gasteiger partial charge in [-0.3, -0.25) is 0 Å². The summed E-state index contributed by atoms with van der Waals surface area (Å²) < 4.78 is 22.2. The van der Waals surface area contributed by atoms with Crippen LogP contribution in [-0.2, 0) is 10.0 Å². The zero-order valence-electron chi connectivity index (χ0n) is 9.74. The summed E-state index contributed by atoms with van der Waals surface area (Å²) in [5, 5.41) is 7.91. The second-order valence-corrected chi connectivity index (χ2v) is 5.29. The molecule has 19 heavy (non-hydrogen) atoms. The molecule has 1 aromatic heterocycles. The summed E-state index contributed by atoms with van der Waals surface area (Å²) in [6, 6.07) is 7.36. The number of primary sulfonamides is 1. The molecule has 0 bridgehead atoms. The second kappa shape index (κ2) is 4.71. The Morgan fingerprint density at radius 3 is 2.21 bits per heavy atom. The van der Waals surface area contributed by atoms with E-state index in [-0.39, 0.29) is 16.7 Å². The van der Waals surface area contributed by atoms with Crippen LogP contribution in [0.25, 0.3) is 0 Å². The summed E-state index contributed by atoms with van der Waals surface area (Å²) in [7, 11) is -3.70. The van der Waals surface area contributed by atoms with Crippen LogP contribution >= 0.6 is 0 Å². The molecule has 1 heterocycles. The largest absolute Gasteiger partial charge is 0.383 e. The predicted molar refractivity (Wildman–Crippen MR) is 72.0 cm³/mol. The van der Waals surface area contributed by atoms with Gasteiger partial charge in [0.2, 0.25) is 16.0 Å². The highest BCUT2D eigenvalue weighted by atomic mass is 32.2. The van der Waals surface area contributed by atoms with Crippen LogP contribution in [0.5, 0.6) is 0 Å². The number of nitrogens with two attached hydrogens (primary N) is 3. The lowest BCUT2D eigenvalue weighted by Crippen LogP contribution is -2.11. The number of nitrogens with zero attached hydrogens (tertiary/aromatic N) is 2. The fourth-order valence-electron chi connectivity index (χ4n) is 1.43. The summed E-state index contributed by atoms with van der Waals surface area (Å²) in [6.45, 7) is 0. The summed E-state index contributed by atoms with van der Waals surface area (Å²) >= 11 is 0. The highest BCUT2D eigenvalue weighted by molar-refractivity contribution is 7.89. The van der Waals surface area contributed by atoms with Crippen LogP contribution < -0.4 is 21.9 Å². The van der Waals surface area contributed by atoms with Crippen molar-refractivity contribution in [2.24, 2.45) is 5.14 Å². The van der Waals surface area contributed by atoms with Gasteiger partial charge in [-0.2, -0.15) is 9.97 Å². The van der Waals surface area contributed by atoms with E-state index in [1.165, 1.54) is 18.2 Å². The number of nitrogen functional groups attached to an aromatic ring is 2. The second-order valence-electron chi connectivity index (χ2n) is 3.73. The van der Waals surface area contributed by atoms with Crippen molar-refractivity contribution in [2.45, 2.75) is 4.90 Å². The predicted octanol–water partition coefficient (Wildman–Crippen LogP) is 0.0320. The summed E-state index contributed by atoms with van der Waals surface area (Å²) in [5.41, 5.74) is 11.6. The first-order valence-electron chi connectivity index (χ1n) is 5.14. The number of hydrogen-bond donors (Lipinski definition) is 4. The quantitative estimate of drug-likeness (QED) is 0.619. The smallest absolute Gasteiger partial charge is 0.238 e. The fraction of sp³-hybridized carbons (Fsp3) is 0. The van der Waals surface area contributed by atoms with Gasteiger partial charge in [-0.05, 0) is 24.3 Å². The van der Waals surface area contributed by atoms with Crippen LogP contribution in [0.4, 0.5) is 23.3 Å². The Balaban J connectivity index is 2.24. The number of anilines is 4. The van der Waals surface area contributed by atoms with Crippen molar-refractivity contribution >= 4 is 33.3 Å². The van der Waals surface area contributed by atoms with Gasteiger partial charge in [0.05, 0.1) is 4.90 Å². The Morgan fingerprint density at radius 1 is 1.05 bits per heavy atom. The van der Waals surface area contributed by atoms with Gasteiger partial charge in [0.25, 0.3) is 0 Å². The van der Waals surface area contributed by atoms with E-state index < -0.39 is 10.0 Å². The minimum absolute atomic E-state index is 0.0276. The molecule has 0 amide bonds. The molecular formula is C10H12N6O2S. The third kappa shape index (κ3) is 3.30.